The molecule has 1 N–H and O–H groups in total. The zero-order valence-corrected chi connectivity index (χ0v) is 12.8. The van der Waals surface area contributed by atoms with Crippen LogP contribution in [0.15, 0.2) is 54.7 Å². The molecule has 0 aliphatic heterocycles. The minimum atomic E-state index is -1.27. The number of nitrogens with one attached hydrogen (secondary N) is 1. The minimum absolute atomic E-state index is 0.161. The van der Waals surface area contributed by atoms with Gasteiger partial charge in [-0.05, 0) is 35.9 Å². The van der Waals surface area contributed by atoms with Crippen molar-refractivity contribution in [3.63, 3.8) is 0 Å². The van der Waals surface area contributed by atoms with Crippen molar-refractivity contribution in [2.24, 2.45) is 0 Å². The van der Waals surface area contributed by atoms with E-state index in [1.807, 2.05) is 24.3 Å². The lowest BCUT2D eigenvalue weighted by Crippen LogP contribution is -2.31. The molecule has 0 aliphatic rings. The van der Waals surface area contributed by atoms with E-state index in [1.54, 1.807) is 30.5 Å². The summed E-state index contributed by atoms with van der Waals surface area (Å²) in [4.78, 5) is 26.9. The molecule has 0 fully saturated rings. The number of fused-ring (bicyclic) bond motifs is 1. The van der Waals surface area contributed by atoms with Crippen LogP contribution >= 0.6 is 11.6 Å². The zero-order valence-electron chi connectivity index (χ0n) is 12.1. The van der Waals surface area contributed by atoms with Crippen LogP contribution < -0.4 is 5.11 Å². The van der Waals surface area contributed by atoms with Crippen molar-refractivity contribution in [1.82, 2.24) is 4.98 Å². The summed E-state index contributed by atoms with van der Waals surface area (Å²) in [6.07, 6.45) is 1.46. The second-order valence-electron chi connectivity index (χ2n) is 5.30. The quantitative estimate of drug-likeness (QED) is 0.733. The highest BCUT2D eigenvalue weighted by atomic mass is 35.5. The summed E-state index contributed by atoms with van der Waals surface area (Å²) in [5.74, 6) is -2.53. The lowest BCUT2D eigenvalue weighted by molar-refractivity contribution is -0.307. The van der Waals surface area contributed by atoms with Gasteiger partial charge in [0.25, 0.3) is 0 Å². The summed E-state index contributed by atoms with van der Waals surface area (Å²) in [5, 5.41) is 12.9. The van der Waals surface area contributed by atoms with E-state index in [-0.39, 0.29) is 12.2 Å². The van der Waals surface area contributed by atoms with Crippen LogP contribution in [0.2, 0.25) is 5.02 Å². The smallest absolute Gasteiger partial charge is 0.163 e. The first-order chi connectivity index (χ1) is 11.1. The highest BCUT2D eigenvalue weighted by Crippen LogP contribution is 2.29. The van der Waals surface area contributed by atoms with E-state index in [2.05, 4.69) is 4.98 Å². The van der Waals surface area contributed by atoms with Crippen LogP contribution in [0.1, 0.15) is 28.3 Å². The van der Waals surface area contributed by atoms with Gasteiger partial charge in [0.15, 0.2) is 5.78 Å². The number of benzene rings is 2. The van der Waals surface area contributed by atoms with Crippen LogP contribution in [0.4, 0.5) is 0 Å². The van der Waals surface area contributed by atoms with E-state index in [0.29, 0.717) is 16.1 Å². The van der Waals surface area contributed by atoms with Crippen molar-refractivity contribution in [3.8, 4) is 0 Å². The van der Waals surface area contributed by atoms with Gasteiger partial charge in [0.1, 0.15) is 0 Å². The Kier molecular flexibility index (Phi) is 4.17. The molecule has 3 rings (SSSR count). The number of halogens is 1. The van der Waals surface area contributed by atoms with Gasteiger partial charge < -0.3 is 14.9 Å². The van der Waals surface area contributed by atoms with Gasteiger partial charge in [-0.3, -0.25) is 4.79 Å². The summed E-state index contributed by atoms with van der Waals surface area (Å²) in [5.41, 5.74) is 1.82. The molecule has 0 spiro atoms. The van der Waals surface area contributed by atoms with Crippen molar-refractivity contribution in [2.45, 2.75) is 12.3 Å². The molecule has 0 amide bonds. The molecule has 1 aromatic heterocycles. The summed E-state index contributed by atoms with van der Waals surface area (Å²) in [7, 11) is 0. The standard InChI is InChI=1S/C18H14ClNO3/c19-12-7-5-11(6-8-12)17(21)9-14(18(22)23)15-10-20-16-4-2-1-3-13(15)16/h1-8,10,14,20H,9H2,(H,22,23)/p-1. The van der Waals surface area contributed by atoms with Crippen LogP contribution in [-0.2, 0) is 4.79 Å². The molecule has 1 atom stereocenters. The molecule has 0 radical (unpaired) electrons. The molecule has 1 unspecified atom stereocenters. The Balaban J connectivity index is 1.92. The first-order valence-corrected chi connectivity index (χ1v) is 7.49. The summed E-state index contributed by atoms with van der Waals surface area (Å²) in [6.45, 7) is 0. The van der Waals surface area contributed by atoms with Crippen molar-refractivity contribution in [2.75, 3.05) is 0 Å². The van der Waals surface area contributed by atoms with E-state index >= 15 is 0 Å². The largest absolute Gasteiger partial charge is 0.549 e. The Morgan fingerprint density at radius 3 is 2.48 bits per heavy atom. The first-order valence-electron chi connectivity index (χ1n) is 7.12. The van der Waals surface area contributed by atoms with Gasteiger partial charge in [0, 0.05) is 46.0 Å². The molecular weight excluding hydrogens is 314 g/mol. The second-order valence-corrected chi connectivity index (χ2v) is 5.73. The molecule has 2 aromatic carbocycles. The minimum Gasteiger partial charge on any atom is -0.549 e. The van der Waals surface area contributed by atoms with Gasteiger partial charge in [0.05, 0.1) is 0 Å². The Morgan fingerprint density at radius 2 is 1.78 bits per heavy atom. The van der Waals surface area contributed by atoms with E-state index < -0.39 is 11.9 Å². The van der Waals surface area contributed by atoms with Crippen molar-refractivity contribution >= 4 is 34.3 Å². The van der Waals surface area contributed by atoms with Gasteiger partial charge >= 0.3 is 0 Å². The number of aromatic nitrogens is 1. The number of hydrogen-bond donors (Lipinski definition) is 1. The maximum absolute atomic E-state index is 12.4. The highest BCUT2D eigenvalue weighted by molar-refractivity contribution is 6.30. The fourth-order valence-corrected chi connectivity index (χ4v) is 2.77. The molecule has 116 valence electrons. The Labute approximate surface area is 137 Å². The topological polar surface area (TPSA) is 73.0 Å². The number of aromatic amines is 1. The molecule has 0 bridgehead atoms. The number of carbonyl (C=O) groups is 2. The summed E-state index contributed by atoms with van der Waals surface area (Å²) in [6, 6.07) is 13.8. The number of H-pyrrole nitrogens is 1. The lowest BCUT2D eigenvalue weighted by Gasteiger charge is -2.17. The summed E-state index contributed by atoms with van der Waals surface area (Å²) < 4.78 is 0. The molecule has 4 nitrogen and oxygen atoms in total. The molecule has 0 saturated carbocycles. The second kappa shape index (κ2) is 6.26. The maximum Gasteiger partial charge on any atom is 0.163 e. The number of ketones is 1. The highest BCUT2D eigenvalue weighted by Gasteiger charge is 2.21. The SMILES string of the molecule is O=C(CC(C(=O)[O-])c1c[nH]c2ccccc12)c1ccc(Cl)cc1. The van der Waals surface area contributed by atoms with E-state index in [0.717, 1.165) is 10.9 Å². The molecule has 0 saturated heterocycles. The third-order valence-corrected chi connectivity index (χ3v) is 4.09. The summed E-state index contributed by atoms with van der Waals surface area (Å²) >= 11 is 5.80. The number of carbonyl (C=O) groups excluding carboxylic acids is 2. The number of para-hydroxylation sites is 1. The molecule has 23 heavy (non-hydrogen) atoms. The van der Waals surface area contributed by atoms with E-state index in [1.165, 1.54) is 0 Å². The molecule has 3 aromatic rings. The van der Waals surface area contributed by atoms with Crippen LogP contribution in [-0.4, -0.2) is 16.7 Å². The van der Waals surface area contributed by atoms with Gasteiger partial charge in [-0.25, -0.2) is 0 Å². The van der Waals surface area contributed by atoms with Gasteiger partial charge in [-0.1, -0.05) is 29.8 Å². The maximum atomic E-state index is 12.4. The van der Waals surface area contributed by atoms with Crippen molar-refractivity contribution in [3.05, 3.63) is 70.9 Å². The molecule has 1 heterocycles. The van der Waals surface area contributed by atoms with Crippen molar-refractivity contribution < 1.29 is 14.7 Å². The third kappa shape index (κ3) is 3.12. The molecular formula is C18H13ClNO3-. The first kappa shape index (κ1) is 15.3. The van der Waals surface area contributed by atoms with Crippen LogP contribution in [0.25, 0.3) is 10.9 Å². The number of aliphatic carboxylic acids is 1. The fourth-order valence-electron chi connectivity index (χ4n) is 2.64. The van der Waals surface area contributed by atoms with Gasteiger partial charge in [-0.15, -0.1) is 0 Å². The predicted molar refractivity (Wildman–Crippen MR) is 86.4 cm³/mol. The number of carboxylic acids is 1. The Bertz CT molecular complexity index is 867. The average molecular weight is 327 g/mol. The average Bonchev–Trinajstić information content (AvgIpc) is 2.96. The Hall–Kier alpha value is -2.59. The van der Waals surface area contributed by atoms with Crippen LogP contribution in [0.5, 0.6) is 0 Å². The number of carboxylic acid groups (broad SMARTS) is 1. The van der Waals surface area contributed by atoms with Crippen LogP contribution in [0, 0.1) is 0 Å². The number of Topliss-reactive ketones (excluding diaryl/α,β-unsaturated/α-hetero) is 1. The monoisotopic (exact) mass is 326 g/mol. The Morgan fingerprint density at radius 1 is 1.09 bits per heavy atom. The van der Waals surface area contributed by atoms with Crippen molar-refractivity contribution in [1.29, 1.82) is 0 Å². The normalized spacial score (nSPS) is 12.2. The third-order valence-electron chi connectivity index (χ3n) is 3.84. The number of hydrogen-bond acceptors (Lipinski definition) is 3. The van der Waals surface area contributed by atoms with E-state index in [4.69, 9.17) is 11.6 Å². The molecule has 5 heteroatoms. The van der Waals surface area contributed by atoms with Crippen LogP contribution in [0.3, 0.4) is 0 Å². The van der Waals surface area contributed by atoms with Gasteiger partial charge in [0.2, 0.25) is 0 Å². The number of rotatable bonds is 5. The fraction of sp³-hybridized carbons (Fsp3) is 0.111. The lowest BCUT2D eigenvalue weighted by atomic mass is 9.91. The zero-order chi connectivity index (χ0) is 16.4. The van der Waals surface area contributed by atoms with E-state index in [9.17, 15) is 14.7 Å². The molecule has 0 aliphatic carbocycles. The van der Waals surface area contributed by atoms with Gasteiger partial charge in [-0.2, -0.15) is 0 Å². The predicted octanol–water partition coefficient (Wildman–Crippen LogP) is 2.93.